The smallest absolute Gasteiger partial charge is 0.335 e. The van der Waals surface area contributed by atoms with Crippen LogP contribution in [-0.2, 0) is 6.42 Å². The van der Waals surface area contributed by atoms with Crippen molar-refractivity contribution in [3.8, 4) is 0 Å². The van der Waals surface area contributed by atoms with Crippen molar-refractivity contribution in [1.82, 2.24) is 4.90 Å². The lowest BCUT2D eigenvalue weighted by Crippen LogP contribution is -2.35. The summed E-state index contributed by atoms with van der Waals surface area (Å²) in [6.45, 7) is 7.94. The summed E-state index contributed by atoms with van der Waals surface area (Å²) in [5.41, 5.74) is 1.80. The Bertz CT molecular complexity index is 510. The Morgan fingerprint density at radius 3 is 2.57 bits per heavy atom. The Balaban J connectivity index is 1.99. The molecule has 0 heterocycles. The van der Waals surface area contributed by atoms with Gasteiger partial charge in [-0.05, 0) is 49.3 Å². The van der Waals surface area contributed by atoms with Crippen LogP contribution in [0, 0.1) is 11.3 Å². The number of carboxylic acids is 1. The van der Waals surface area contributed by atoms with E-state index >= 15 is 0 Å². The lowest BCUT2D eigenvalue weighted by molar-refractivity contribution is 0.0695. The van der Waals surface area contributed by atoms with Crippen molar-refractivity contribution < 1.29 is 9.90 Å². The number of benzene rings is 1. The molecule has 2 rings (SSSR count). The molecule has 0 spiro atoms. The number of carbonyl (C=O) groups is 1. The zero-order chi connectivity index (χ0) is 15.6. The maximum atomic E-state index is 11.2. The fourth-order valence-corrected chi connectivity index (χ4v) is 3.86. The molecule has 1 saturated carbocycles. The first kappa shape index (κ1) is 16.0. The molecule has 21 heavy (non-hydrogen) atoms. The van der Waals surface area contributed by atoms with Gasteiger partial charge >= 0.3 is 5.97 Å². The van der Waals surface area contributed by atoms with Gasteiger partial charge in [0.25, 0.3) is 0 Å². The molecular weight excluding hydrogens is 262 g/mol. The Morgan fingerprint density at radius 2 is 2.00 bits per heavy atom. The molecule has 0 radical (unpaired) electrons. The van der Waals surface area contributed by atoms with Gasteiger partial charge < -0.3 is 10.0 Å². The second-order valence-corrected chi connectivity index (χ2v) is 7.31. The highest BCUT2D eigenvalue weighted by atomic mass is 16.4. The van der Waals surface area contributed by atoms with Crippen molar-refractivity contribution in [2.45, 2.75) is 46.1 Å². The van der Waals surface area contributed by atoms with Gasteiger partial charge in [-0.25, -0.2) is 4.79 Å². The summed E-state index contributed by atoms with van der Waals surface area (Å²) in [6, 6.07) is 7.94. The zero-order valence-electron chi connectivity index (χ0n) is 13.6. The fourth-order valence-electron chi connectivity index (χ4n) is 3.86. The minimum absolute atomic E-state index is 0.428. The molecule has 1 fully saturated rings. The lowest BCUT2D eigenvalue weighted by Gasteiger charge is -2.28. The summed E-state index contributed by atoms with van der Waals surface area (Å²) < 4.78 is 0. The lowest BCUT2D eigenvalue weighted by atomic mass is 9.91. The van der Waals surface area contributed by atoms with Gasteiger partial charge in [0.2, 0.25) is 0 Å². The molecule has 1 aliphatic carbocycles. The predicted octanol–water partition coefficient (Wildman–Crippen LogP) is 3.68. The van der Waals surface area contributed by atoms with E-state index in [9.17, 15) is 9.90 Å². The molecule has 116 valence electrons. The third kappa shape index (κ3) is 3.85. The number of hydrogen-bond donors (Lipinski definition) is 1. The van der Waals surface area contributed by atoms with Crippen molar-refractivity contribution in [1.29, 1.82) is 0 Å². The van der Waals surface area contributed by atoms with E-state index in [0.29, 0.717) is 22.9 Å². The topological polar surface area (TPSA) is 40.5 Å². The van der Waals surface area contributed by atoms with Crippen LogP contribution in [0.5, 0.6) is 0 Å². The molecule has 0 saturated heterocycles. The largest absolute Gasteiger partial charge is 0.478 e. The summed E-state index contributed by atoms with van der Waals surface area (Å²) in [7, 11) is 2.17. The fraction of sp³-hybridized carbons (Fsp3) is 0.611. The summed E-state index contributed by atoms with van der Waals surface area (Å²) >= 11 is 0. The number of nitrogens with zero attached hydrogens (tertiary/aromatic N) is 1. The number of aromatic carboxylic acids is 1. The first-order valence-electron chi connectivity index (χ1n) is 7.81. The van der Waals surface area contributed by atoms with Crippen LogP contribution in [0.4, 0.5) is 0 Å². The molecule has 0 aromatic heterocycles. The minimum Gasteiger partial charge on any atom is -0.478 e. The monoisotopic (exact) mass is 289 g/mol. The van der Waals surface area contributed by atoms with Gasteiger partial charge in [0.1, 0.15) is 0 Å². The molecule has 2 atom stereocenters. The van der Waals surface area contributed by atoms with Gasteiger partial charge in [0.15, 0.2) is 0 Å². The summed E-state index contributed by atoms with van der Waals surface area (Å²) in [6.07, 6.45) is 3.29. The van der Waals surface area contributed by atoms with Gasteiger partial charge in [-0.3, -0.25) is 0 Å². The SMILES string of the molecule is CC1CC(C)(C)CC1N(C)CCc1ccccc1C(=O)O. The molecule has 0 amide bonds. The van der Waals surface area contributed by atoms with Gasteiger partial charge in [0.05, 0.1) is 5.56 Å². The Kier molecular flexibility index (Phi) is 4.72. The highest BCUT2D eigenvalue weighted by Crippen LogP contribution is 2.42. The van der Waals surface area contributed by atoms with Crippen LogP contribution >= 0.6 is 0 Å². The Hall–Kier alpha value is -1.35. The van der Waals surface area contributed by atoms with E-state index in [1.54, 1.807) is 12.1 Å². The van der Waals surface area contributed by atoms with Crippen molar-refractivity contribution in [2.75, 3.05) is 13.6 Å². The van der Waals surface area contributed by atoms with Crippen molar-refractivity contribution in [3.63, 3.8) is 0 Å². The second kappa shape index (κ2) is 6.18. The van der Waals surface area contributed by atoms with Crippen molar-refractivity contribution >= 4 is 5.97 Å². The first-order chi connectivity index (χ1) is 9.80. The highest BCUT2D eigenvalue weighted by molar-refractivity contribution is 5.89. The van der Waals surface area contributed by atoms with E-state index < -0.39 is 5.97 Å². The third-order valence-electron chi connectivity index (χ3n) is 4.84. The van der Waals surface area contributed by atoms with E-state index in [1.807, 2.05) is 12.1 Å². The number of carboxylic acid groups (broad SMARTS) is 1. The molecular formula is C18H27NO2. The Morgan fingerprint density at radius 1 is 1.33 bits per heavy atom. The number of likely N-dealkylation sites (N-methyl/N-ethyl adjacent to an activating group) is 1. The first-order valence-corrected chi connectivity index (χ1v) is 7.81. The normalized spacial score (nSPS) is 24.4. The third-order valence-corrected chi connectivity index (χ3v) is 4.84. The number of hydrogen-bond acceptors (Lipinski definition) is 2. The molecule has 0 bridgehead atoms. The predicted molar refractivity (Wildman–Crippen MR) is 85.7 cm³/mol. The molecule has 1 aromatic carbocycles. The summed E-state index contributed by atoms with van der Waals surface area (Å²) in [5, 5.41) is 9.24. The minimum atomic E-state index is -0.830. The van der Waals surface area contributed by atoms with E-state index in [-0.39, 0.29) is 0 Å². The van der Waals surface area contributed by atoms with Crippen LogP contribution in [0.25, 0.3) is 0 Å². The van der Waals surface area contributed by atoms with Gasteiger partial charge in [-0.15, -0.1) is 0 Å². The van der Waals surface area contributed by atoms with Gasteiger partial charge in [0, 0.05) is 12.6 Å². The second-order valence-electron chi connectivity index (χ2n) is 7.31. The van der Waals surface area contributed by atoms with Gasteiger partial charge in [-0.1, -0.05) is 39.0 Å². The molecule has 3 heteroatoms. The highest BCUT2D eigenvalue weighted by Gasteiger charge is 2.38. The molecule has 1 N–H and O–H groups in total. The Labute approximate surface area is 128 Å². The maximum absolute atomic E-state index is 11.2. The van der Waals surface area contributed by atoms with Crippen LogP contribution < -0.4 is 0 Å². The van der Waals surface area contributed by atoms with Gasteiger partial charge in [-0.2, -0.15) is 0 Å². The van der Waals surface area contributed by atoms with E-state index in [0.717, 1.165) is 18.5 Å². The van der Waals surface area contributed by atoms with E-state index in [1.165, 1.54) is 12.8 Å². The molecule has 2 unspecified atom stereocenters. The van der Waals surface area contributed by atoms with Crippen LogP contribution in [0.15, 0.2) is 24.3 Å². The van der Waals surface area contributed by atoms with Crippen LogP contribution in [-0.4, -0.2) is 35.6 Å². The molecule has 1 aromatic rings. The molecule has 1 aliphatic rings. The van der Waals surface area contributed by atoms with Crippen molar-refractivity contribution in [3.05, 3.63) is 35.4 Å². The zero-order valence-corrected chi connectivity index (χ0v) is 13.6. The maximum Gasteiger partial charge on any atom is 0.335 e. The summed E-state index contributed by atoms with van der Waals surface area (Å²) in [4.78, 5) is 13.7. The summed E-state index contributed by atoms with van der Waals surface area (Å²) in [5.74, 6) is -0.122. The molecule has 0 aliphatic heterocycles. The number of rotatable bonds is 5. The quantitative estimate of drug-likeness (QED) is 0.899. The average Bonchev–Trinajstić information content (AvgIpc) is 2.69. The molecule has 3 nitrogen and oxygen atoms in total. The van der Waals surface area contributed by atoms with E-state index in [4.69, 9.17) is 0 Å². The van der Waals surface area contributed by atoms with Crippen LogP contribution in [0.1, 0.15) is 49.5 Å². The average molecular weight is 289 g/mol. The van der Waals surface area contributed by atoms with Crippen LogP contribution in [0.3, 0.4) is 0 Å². The van der Waals surface area contributed by atoms with Crippen molar-refractivity contribution in [2.24, 2.45) is 11.3 Å². The van der Waals surface area contributed by atoms with E-state index in [2.05, 4.69) is 32.7 Å². The van der Waals surface area contributed by atoms with Crippen LogP contribution in [0.2, 0.25) is 0 Å². The standard InChI is InChI=1S/C18H27NO2/c1-13-11-18(2,3)12-16(13)19(4)10-9-14-7-5-6-8-15(14)17(20)21/h5-8,13,16H,9-12H2,1-4H3,(H,20,21).